The van der Waals surface area contributed by atoms with Crippen LogP contribution in [-0.4, -0.2) is 28.9 Å². The van der Waals surface area contributed by atoms with Crippen molar-refractivity contribution in [3.8, 4) is 5.88 Å². The molecule has 0 spiro atoms. The Balaban J connectivity index is 1.64. The van der Waals surface area contributed by atoms with Crippen molar-refractivity contribution in [1.82, 2.24) is 15.2 Å². The molecule has 1 N–H and O–H groups in total. The van der Waals surface area contributed by atoms with Gasteiger partial charge in [-0.05, 0) is 35.6 Å². The Morgan fingerprint density at radius 3 is 2.86 bits per heavy atom. The van der Waals surface area contributed by atoms with Crippen LogP contribution in [0.15, 0.2) is 40.9 Å². The van der Waals surface area contributed by atoms with Gasteiger partial charge in [0.05, 0.1) is 11.9 Å². The molecule has 22 heavy (non-hydrogen) atoms. The van der Waals surface area contributed by atoms with Crippen molar-refractivity contribution < 1.29 is 4.74 Å². The maximum atomic E-state index is 5.85. The summed E-state index contributed by atoms with van der Waals surface area (Å²) < 4.78 is 5.85. The van der Waals surface area contributed by atoms with Crippen LogP contribution < -0.4 is 9.75 Å². The fourth-order valence-corrected chi connectivity index (χ4v) is 2.73. The fraction of sp³-hybridized carbons (Fsp3) is 0.400. The minimum atomic E-state index is 0.500. The smallest absolute Gasteiger partial charge is 0.209 e. The average molecular weight is 298 g/mol. The van der Waals surface area contributed by atoms with E-state index in [0.717, 1.165) is 5.69 Å². The maximum absolute atomic E-state index is 5.85. The molecule has 2 heterocycles. The molecule has 1 saturated carbocycles. The summed E-state index contributed by atoms with van der Waals surface area (Å²) in [4.78, 5) is 0. The SMILES string of the molecule is CN1CN(c2cccc(C3CC3)c2COc2ccn[nH]2)N=N1. The predicted molar refractivity (Wildman–Crippen MR) is 81.3 cm³/mol. The minimum Gasteiger partial charge on any atom is -0.473 e. The molecule has 7 nitrogen and oxygen atoms in total. The number of aromatic amines is 1. The third-order valence-corrected chi connectivity index (χ3v) is 3.97. The van der Waals surface area contributed by atoms with E-state index >= 15 is 0 Å². The Morgan fingerprint density at radius 2 is 2.18 bits per heavy atom. The van der Waals surface area contributed by atoms with E-state index in [1.54, 1.807) is 6.20 Å². The van der Waals surface area contributed by atoms with Crippen LogP contribution in [0.1, 0.15) is 29.9 Å². The molecule has 1 aliphatic heterocycles. The summed E-state index contributed by atoms with van der Waals surface area (Å²) in [7, 11) is 1.91. The molecule has 0 radical (unpaired) electrons. The number of ether oxygens (including phenoxy) is 1. The Labute approximate surface area is 128 Å². The number of H-pyrrole nitrogens is 1. The molecule has 0 amide bonds. The van der Waals surface area contributed by atoms with Gasteiger partial charge in [-0.25, -0.2) is 10.1 Å². The monoisotopic (exact) mass is 298 g/mol. The highest BCUT2D eigenvalue weighted by molar-refractivity contribution is 5.57. The Morgan fingerprint density at radius 1 is 1.27 bits per heavy atom. The standard InChI is InChI=1S/C15H18N6O/c1-20-10-21(19-18-20)14-4-2-3-12(11-5-6-11)13(14)9-22-15-7-8-16-17-15/h2-4,7-8,11H,5-6,9-10H2,1H3,(H,16,17). The molecule has 2 aliphatic rings. The van der Waals surface area contributed by atoms with Crippen molar-refractivity contribution in [3.63, 3.8) is 0 Å². The Kier molecular flexibility index (Phi) is 3.17. The first-order valence-electron chi connectivity index (χ1n) is 7.45. The molecule has 1 aromatic carbocycles. The van der Waals surface area contributed by atoms with Gasteiger partial charge in [-0.2, -0.15) is 5.10 Å². The number of benzene rings is 1. The number of nitrogens with one attached hydrogen (secondary N) is 1. The molecule has 1 aromatic heterocycles. The zero-order chi connectivity index (χ0) is 14.9. The average Bonchev–Trinajstić information content (AvgIpc) is 3.06. The molecule has 2 aromatic rings. The van der Waals surface area contributed by atoms with Gasteiger partial charge < -0.3 is 4.74 Å². The lowest BCUT2D eigenvalue weighted by Crippen LogP contribution is -2.23. The third kappa shape index (κ3) is 2.49. The van der Waals surface area contributed by atoms with Crippen LogP contribution >= 0.6 is 0 Å². The van der Waals surface area contributed by atoms with Crippen LogP contribution in [0.5, 0.6) is 5.88 Å². The molecule has 7 heteroatoms. The number of nitrogens with zero attached hydrogens (tertiary/aromatic N) is 5. The van der Waals surface area contributed by atoms with Crippen LogP contribution in [-0.2, 0) is 6.61 Å². The second-order valence-electron chi connectivity index (χ2n) is 5.71. The lowest BCUT2D eigenvalue weighted by Gasteiger charge is -2.20. The van der Waals surface area contributed by atoms with Crippen LogP contribution in [0.25, 0.3) is 0 Å². The number of anilines is 1. The molecule has 4 rings (SSSR count). The van der Waals surface area contributed by atoms with Gasteiger partial charge in [0.15, 0.2) is 0 Å². The minimum absolute atomic E-state index is 0.500. The molecule has 0 atom stereocenters. The van der Waals surface area contributed by atoms with Crippen molar-refractivity contribution >= 4 is 5.69 Å². The van der Waals surface area contributed by atoms with E-state index in [4.69, 9.17) is 4.74 Å². The van der Waals surface area contributed by atoms with Gasteiger partial charge >= 0.3 is 0 Å². The zero-order valence-corrected chi connectivity index (χ0v) is 12.4. The van der Waals surface area contributed by atoms with Crippen molar-refractivity contribution in [2.75, 3.05) is 18.7 Å². The van der Waals surface area contributed by atoms with E-state index in [9.17, 15) is 0 Å². The molecule has 0 bridgehead atoms. The predicted octanol–water partition coefficient (Wildman–Crippen LogP) is 2.86. The first-order valence-corrected chi connectivity index (χ1v) is 7.45. The van der Waals surface area contributed by atoms with E-state index in [-0.39, 0.29) is 0 Å². The van der Waals surface area contributed by atoms with Gasteiger partial charge in [0, 0.05) is 18.7 Å². The maximum Gasteiger partial charge on any atom is 0.209 e. The van der Waals surface area contributed by atoms with E-state index in [1.165, 1.54) is 24.0 Å². The molecule has 0 unspecified atom stereocenters. The number of hydrogen-bond donors (Lipinski definition) is 1. The summed E-state index contributed by atoms with van der Waals surface area (Å²) >= 11 is 0. The molecular weight excluding hydrogens is 280 g/mol. The summed E-state index contributed by atoms with van der Waals surface area (Å²) in [6, 6.07) is 8.19. The molecule has 1 aliphatic carbocycles. The third-order valence-electron chi connectivity index (χ3n) is 3.97. The lowest BCUT2D eigenvalue weighted by atomic mass is 10.0. The van der Waals surface area contributed by atoms with Gasteiger partial charge in [-0.1, -0.05) is 17.4 Å². The van der Waals surface area contributed by atoms with Crippen molar-refractivity contribution in [2.24, 2.45) is 10.4 Å². The lowest BCUT2D eigenvalue weighted by molar-refractivity contribution is 0.292. The second kappa shape index (κ2) is 5.32. The summed E-state index contributed by atoms with van der Waals surface area (Å²) in [5.41, 5.74) is 3.62. The van der Waals surface area contributed by atoms with Gasteiger partial charge in [0.2, 0.25) is 5.88 Å². The van der Waals surface area contributed by atoms with Crippen LogP contribution in [0.3, 0.4) is 0 Å². The van der Waals surface area contributed by atoms with E-state index in [1.807, 2.05) is 23.1 Å². The molecule has 0 saturated heterocycles. The van der Waals surface area contributed by atoms with Gasteiger partial charge in [-0.3, -0.25) is 5.01 Å². The summed E-state index contributed by atoms with van der Waals surface area (Å²) in [5, 5.41) is 18.8. The highest BCUT2D eigenvalue weighted by atomic mass is 16.5. The van der Waals surface area contributed by atoms with Crippen LogP contribution in [0.4, 0.5) is 5.69 Å². The van der Waals surface area contributed by atoms with E-state index < -0.39 is 0 Å². The first kappa shape index (κ1) is 13.1. The normalized spacial score (nSPS) is 17.3. The quantitative estimate of drug-likeness (QED) is 0.921. The zero-order valence-electron chi connectivity index (χ0n) is 12.4. The molecular formula is C15H18N6O. The summed E-state index contributed by atoms with van der Waals surface area (Å²) in [6.07, 6.45) is 4.19. The number of rotatable bonds is 5. The van der Waals surface area contributed by atoms with Crippen LogP contribution in [0.2, 0.25) is 0 Å². The van der Waals surface area contributed by atoms with Crippen molar-refractivity contribution in [3.05, 3.63) is 41.6 Å². The Bertz CT molecular complexity index is 679. The largest absolute Gasteiger partial charge is 0.473 e. The van der Waals surface area contributed by atoms with E-state index in [2.05, 4.69) is 38.8 Å². The summed E-state index contributed by atoms with van der Waals surface area (Å²) in [6.45, 7) is 1.16. The Hall–Kier alpha value is -2.57. The molecule has 114 valence electrons. The first-order chi connectivity index (χ1) is 10.8. The summed E-state index contributed by atoms with van der Waals surface area (Å²) in [5.74, 6) is 1.33. The van der Waals surface area contributed by atoms with Gasteiger partial charge in [0.1, 0.15) is 13.3 Å². The van der Waals surface area contributed by atoms with Crippen molar-refractivity contribution in [1.29, 1.82) is 0 Å². The fourth-order valence-electron chi connectivity index (χ4n) is 2.73. The number of hydrogen-bond acceptors (Lipinski definition) is 6. The van der Waals surface area contributed by atoms with Crippen LogP contribution in [0, 0.1) is 0 Å². The second-order valence-corrected chi connectivity index (χ2v) is 5.71. The highest BCUT2D eigenvalue weighted by Crippen LogP contribution is 2.44. The highest BCUT2D eigenvalue weighted by Gasteiger charge is 2.29. The van der Waals surface area contributed by atoms with Crippen molar-refractivity contribution in [2.45, 2.75) is 25.4 Å². The topological polar surface area (TPSA) is 69.1 Å². The van der Waals surface area contributed by atoms with Gasteiger partial charge in [-0.15, -0.1) is 0 Å². The van der Waals surface area contributed by atoms with E-state index in [0.29, 0.717) is 25.1 Å². The van der Waals surface area contributed by atoms with Gasteiger partial charge in [0.25, 0.3) is 0 Å². The molecule has 1 fully saturated rings. The number of aromatic nitrogens is 2.